The summed E-state index contributed by atoms with van der Waals surface area (Å²) < 4.78 is 5.43. The molecule has 3 nitrogen and oxygen atoms in total. The summed E-state index contributed by atoms with van der Waals surface area (Å²) in [6.45, 7) is 13.2. The molecular formula is C13H30N2O. The largest absolute Gasteiger partial charge is 0.380 e. The van der Waals surface area contributed by atoms with E-state index in [1.54, 1.807) is 0 Å². The number of ether oxygens (including phenoxy) is 1. The maximum atomic E-state index is 5.92. The monoisotopic (exact) mass is 230 g/mol. The summed E-state index contributed by atoms with van der Waals surface area (Å²) in [5.41, 5.74) is 5.92. The molecule has 0 saturated heterocycles. The lowest BCUT2D eigenvalue weighted by Gasteiger charge is -2.35. The third-order valence-corrected chi connectivity index (χ3v) is 3.44. The van der Waals surface area contributed by atoms with Crippen molar-refractivity contribution in [1.29, 1.82) is 0 Å². The Morgan fingerprint density at radius 1 is 1.12 bits per heavy atom. The first-order valence-electron chi connectivity index (χ1n) is 6.76. The lowest BCUT2D eigenvalue weighted by molar-refractivity contribution is 0.0791. The Labute approximate surface area is 101 Å². The molecule has 0 aromatic carbocycles. The molecule has 16 heavy (non-hydrogen) atoms. The summed E-state index contributed by atoms with van der Waals surface area (Å²) >= 11 is 0. The third kappa shape index (κ3) is 5.28. The van der Waals surface area contributed by atoms with Gasteiger partial charge in [0.2, 0.25) is 0 Å². The molecule has 0 heterocycles. The summed E-state index contributed by atoms with van der Waals surface area (Å²) in [4.78, 5) is 2.47. The molecule has 0 aromatic heterocycles. The van der Waals surface area contributed by atoms with Crippen LogP contribution in [0.5, 0.6) is 0 Å². The van der Waals surface area contributed by atoms with Crippen LogP contribution in [0.25, 0.3) is 0 Å². The van der Waals surface area contributed by atoms with Gasteiger partial charge in [0, 0.05) is 25.7 Å². The van der Waals surface area contributed by atoms with E-state index in [9.17, 15) is 0 Å². The second-order valence-electron chi connectivity index (χ2n) is 4.21. The first-order chi connectivity index (χ1) is 7.74. The maximum absolute atomic E-state index is 5.92. The van der Waals surface area contributed by atoms with Gasteiger partial charge in [0.25, 0.3) is 0 Å². The van der Waals surface area contributed by atoms with Crippen molar-refractivity contribution in [3.8, 4) is 0 Å². The van der Waals surface area contributed by atoms with Gasteiger partial charge in [0.15, 0.2) is 0 Å². The summed E-state index contributed by atoms with van der Waals surface area (Å²) in [7, 11) is 0. The van der Waals surface area contributed by atoms with Crippen molar-refractivity contribution in [1.82, 2.24) is 4.90 Å². The Morgan fingerprint density at radius 2 is 1.75 bits per heavy atom. The van der Waals surface area contributed by atoms with Crippen molar-refractivity contribution < 1.29 is 4.74 Å². The Bertz CT molecular complexity index is 149. The van der Waals surface area contributed by atoms with Crippen molar-refractivity contribution in [2.75, 3.05) is 32.8 Å². The van der Waals surface area contributed by atoms with Crippen molar-refractivity contribution >= 4 is 0 Å². The lowest BCUT2D eigenvalue weighted by Crippen LogP contribution is -2.46. The molecule has 0 saturated carbocycles. The quantitative estimate of drug-likeness (QED) is 0.584. The Balaban J connectivity index is 4.24. The van der Waals surface area contributed by atoms with E-state index < -0.39 is 0 Å². The van der Waals surface area contributed by atoms with Crippen LogP contribution in [0, 0.1) is 5.92 Å². The Kier molecular flexibility index (Phi) is 9.99. The van der Waals surface area contributed by atoms with Crippen LogP contribution in [0.15, 0.2) is 0 Å². The third-order valence-electron chi connectivity index (χ3n) is 3.44. The van der Waals surface area contributed by atoms with Crippen LogP contribution in [0.4, 0.5) is 0 Å². The number of likely N-dealkylation sites (N-methyl/N-ethyl adjacent to an activating group) is 1. The van der Waals surface area contributed by atoms with E-state index in [1.807, 2.05) is 6.92 Å². The fourth-order valence-electron chi connectivity index (χ4n) is 2.36. The van der Waals surface area contributed by atoms with E-state index in [4.69, 9.17) is 10.5 Å². The average molecular weight is 230 g/mol. The van der Waals surface area contributed by atoms with Crippen LogP contribution in [0.1, 0.15) is 40.5 Å². The first-order valence-corrected chi connectivity index (χ1v) is 6.76. The van der Waals surface area contributed by atoms with Crippen LogP contribution >= 0.6 is 0 Å². The molecule has 0 aliphatic carbocycles. The smallest absolute Gasteiger partial charge is 0.0593 e. The van der Waals surface area contributed by atoms with Crippen LogP contribution in [0.3, 0.4) is 0 Å². The van der Waals surface area contributed by atoms with Crippen LogP contribution in [-0.2, 0) is 4.74 Å². The first kappa shape index (κ1) is 15.9. The molecule has 98 valence electrons. The van der Waals surface area contributed by atoms with E-state index in [1.165, 1.54) is 12.8 Å². The lowest BCUT2D eigenvalue weighted by atomic mass is 9.93. The van der Waals surface area contributed by atoms with Gasteiger partial charge in [-0.1, -0.05) is 33.6 Å². The molecule has 0 fully saturated rings. The molecule has 0 aromatic rings. The highest BCUT2D eigenvalue weighted by Gasteiger charge is 2.22. The zero-order chi connectivity index (χ0) is 12.4. The van der Waals surface area contributed by atoms with Gasteiger partial charge >= 0.3 is 0 Å². The second-order valence-corrected chi connectivity index (χ2v) is 4.21. The van der Waals surface area contributed by atoms with Gasteiger partial charge in [0.1, 0.15) is 0 Å². The number of nitrogens with zero attached hydrogens (tertiary/aromatic N) is 1. The molecule has 3 heteroatoms. The Hall–Kier alpha value is -0.120. The molecule has 0 aliphatic rings. The predicted octanol–water partition coefficient (Wildman–Crippen LogP) is 2.11. The van der Waals surface area contributed by atoms with Gasteiger partial charge in [-0.3, -0.25) is 4.90 Å². The topological polar surface area (TPSA) is 38.5 Å². The molecule has 2 N–H and O–H groups in total. The number of hydrogen-bond donors (Lipinski definition) is 1. The van der Waals surface area contributed by atoms with Crippen molar-refractivity contribution in [3.63, 3.8) is 0 Å². The van der Waals surface area contributed by atoms with Crippen molar-refractivity contribution in [2.45, 2.75) is 46.6 Å². The van der Waals surface area contributed by atoms with E-state index in [0.29, 0.717) is 12.0 Å². The molecule has 1 unspecified atom stereocenters. The van der Waals surface area contributed by atoms with Gasteiger partial charge in [-0.25, -0.2) is 0 Å². The summed E-state index contributed by atoms with van der Waals surface area (Å²) in [6, 6.07) is 0.514. The molecule has 1 atom stereocenters. The molecule has 0 bridgehead atoms. The summed E-state index contributed by atoms with van der Waals surface area (Å²) in [6.07, 6.45) is 2.42. The minimum absolute atomic E-state index is 0.514. The highest BCUT2D eigenvalue weighted by molar-refractivity contribution is 4.78. The van der Waals surface area contributed by atoms with Gasteiger partial charge in [0.05, 0.1) is 6.61 Å². The fraction of sp³-hybridized carbons (Fsp3) is 1.00. The van der Waals surface area contributed by atoms with Crippen LogP contribution in [-0.4, -0.2) is 43.8 Å². The van der Waals surface area contributed by atoms with E-state index in [-0.39, 0.29) is 0 Å². The van der Waals surface area contributed by atoms with Gasteiger partial charge in [-0.15, -0.1) is 0 Å². The zero-order valence-electron chi connectivity index (χ0n) is 11.5. The number of rotatable bonds is 10. The van der Waals surface area contributed by atoms with Crippen LogP contribution < -0.4 is 5.73 Å². The fourth-order valence-corrected chi connectivity index (χ4v) is 2.36. The zero-order valence-corrected chi connectivity index (χ0v) is 11.5. The van der Waals surface area contributed by atoms with Crippen molar-refractivity contribution in [3.05, 3.63) is 0 Å². The number of nitrogens with two attached hydrogens (primary N) is 1. The molecule has 0 spiro atoms. The second kappa shape index (κ2) is 10.1. The normalized spacial score (nSPS) is 13.7. The predicted molar refractivity (Wildman–Crippen MR) is 70.7 cm³/mol. The minimum Gasteiger partial charge on any atom is -0.380 e. The standard InChI is InChI=1S/C13H30N2O/c1-5-12(6-2)13(11-14)15(7-3)9-10-16-8-4/h12-13H,5-11,14H2,1-4H3. The molecular weight excluding hydrogens is 200 g/mol. The van der Waals surface area contributed by atoms with Gasteiger partial charge in [-0.05, 0) is 19.4 Å². The molecule has 0 amide bonds. The molecule has 0 rings (SSSR count). The molecule has 0 radical (unpaired) electrons. The van der Waals surface area contributed by atoms with E-state index in [2.05, 4.69) is 25.7 Å². The number of hydrogen-bond acceptors (Lipinski definition) is 3. The summed E-state index contributed by atoms with van der Waals surface area (Å²) in [5, 5.41) is 0. The highest BCUT2D eigenvalue weighted by atomic mass is 16.5. The van der Waals surface area contributed by atoms with Gasteiger partial charge in [-0.2, -0.15) is 0 Å². The van der Waals surface area contributed by atoms with Gasteiger partial charge < -0.3 is 10.5 Å². The Morgan fingerprint density at radius 3 is 2.12 bits per heavy atom. The van der Waals surface area contributed by atoms with Crippen molar-refractivity contribution in [2.24, 2.45) is 11.7 Å². The average Bonchev–Trinajstić information content (AvgIpc) is 2.32. The SMILES string of the molecule is CCOCCN(CC)C(CN)C(CC)CC. The van der Waals surface area contributed by atoms with E-state index in [0.717, 1.165) is 32.8 Å². The maximum Gasteiger partial charge on any atom is 0.0593 e. The van der Waals surface area contributed by atoms with Crippen LogP contribution in [0.2, 0.25) is 0 Å². The minimum atomic E-state index is 0.514. The molecule has 0 aliphatic heterocycles. The summed E-state index contributed by atoms with van der Waals surface area (Å²) in [5.74, 6) is 0.714. The highest BCUT2D eigenvalue weighted by Crippen LogP contribution is 2.17. The van der Waals surface area contributed by atoms with E-state index >= 15 is 0 Å².